The maximum Gasteiger partial charge on any atom is 0.331 e. The Morgan fingerprint density at radius 2 is 1.83 bits per heavy atom. The van der Waals surface area contributed by atoms with E-state index >= 15 is 0 Å². The van der Waals surface area contributed by atoms with Crippen LogP contribution in [-0.4, -0.2) is 26.4 Å². The van der Waals surface area contributed by atoms with Crippen molar-refractivity contribution in [1.29, 1.82) is 0 Å². The van der Waals surface area contributed by atoms with Crippen molar-refractivity contribution in [3.05, 3.63) is 73.9 Å². The zero-order valence-corrected chi connectivity index (χ0v) is 16.0. The Balaban J connectivity index is 1.93. The Kier molecular flexibility index (Phi) is 4.53. The summed E-state index contributed by atoms with van der Waals surface area (Å²) in [5.74, 6) is -1.57. The van der Waals surface area contributed by atoms with E-state index in [2.05, 4.69) is 0 Å². The van der Waals surface area contributed by atoms with Gasteiger partial charge in [-0.05, 0) is 37.1 Å². The maximum absolute atomic E-state index is 13.8. The first-order valence-electron chi connectivity index (χ1n) is 9.23. The summed E-state index contributed by atoms with van der Waals surface area (Å²) in [7, 11) is 0. The first-order valence-corrected chi connectivity index (χ1v) is 9.23. The number of hydrogen-bond donors (Lipinski definition) is 1. The Hall–Kier alpha value is -3.00. The van der Waals surface area contributed by atoms with Crippen LogP contribution >= 0.6 is 0 Å². The van der Waals surface area contributed by atoms with E-state index in [0.29, 0.717) is 12.2 Å². The number of rotatable bonds is 4. The minimum Gasteiger partial charge on any atom is -0.493 e. The van der Waals surface area contributed by atoms with Gasteiger partial charge >= 0.3 is 5.69 Å². The van der Waals surface area contributed by atoms with Crippen LogP contribution in [0.1, 0.15) is 25.0 Å². The molecule has 0 saturated carbocycles. The number of benzene rings is 2. The van der Waals surface area contributed by atoms with Gasteiger partial charge in [0.25, 0.3) is 5.56 Å². The number of aliphatic hydroxyl groups is 1. The highest BCUT2D eigenvalue weighted by Gasteiger charge is 2.22. The lowest BCUT2D eigenvalue weighted by Crippen LogP contribution is -2.43. The van der Waals surface area contributed by atoms with Gasteiger partial charge in [-0.2, -0.15) is 0 Å². The lowest BCUT2D eigenvalue weighted by molar-refractivity contribution is 0.0610. The van der Waals surface area contributed by atoms with Gasteiger partial charge in [-0.3, -0.25) is 13.9 Å². The molecule has 8 heteroatoms. The van der Waals surface area contributed by atoms with Crippen molar-refractivity contribution in [3.8, 4) is 5.75 Å². The monoisotopic (exact) mass is 402 g/mol. The molecule has 1 aromatic heterocycles. The molecule has 4 rings (SSSR count). The predicted molar refractivity (Wildman–Crippen MR) is 103 cm³/mol. The number of ether oxygens (including phenoxy) is 1. The summed E-state index contributed by atoms with van der Waals surface area (Å²) >= 11 is 0. The van der Waals surface area contributed by atoms with Crippen LogP contribution in [0.4, 0.5) is 8.78 Å². The van der Waals surface area contributed by atoms with E-state index in [1.54, 1.807) is 12.1 Å². The fraction of sp³-hybridized carbons (Fsp3) is 0.333. The van der Waals surface area contributed by atoms with Crippen LogP contribution in [0, 0.1) is 11.6 Å². The molecule has 0 spiro atoms. The SMILES string of the molecule is CC(C)(O)Cn1c(=O)n(Cc2ccc3c(c2)CCO3)c(=O)c2cc(F)c(F)cc21. The molecule has 0 fully saturated rings. The van der Waals surface area contributed by atoms with Gasteiger partial charge in [-0.15, -0.1) is 0 Å². The fourth-order valence-corrected chi connectivity index (χ4v) is 3.61. The molecule has 6 nitrogen and oxygen atoms in total. The third-order valence-electron chi connectivity index (χ3n) is 4.91. The van der Waals surface area contributed by atoms with Crippen LogP contribution in [0.15, 0.2) is 39.9 Å². The van der Waals surface area contributed by atoms with Crippen LogP contribution in [0.5, 0.6) is 5.75 Å². The first kappa shape index (κ1) is 19.3. The summed E-state index contributed by atoms with van der Waals surface area (Å²) in [6.45, 7) is 3.33. The highest BCUT2D eigenvalue weighted by molar-refractivity contribution is 5.78. The summed E-state index contributed by atoms with van der Waals surface area (Å²) in [4.78, 5) is 26.0. The van der Waals surface area contributed by atoms with Crippen LogP contribution in [-0.2, 0) is 19.5 Å². The highest BCUT2D eigenvalue weighted by atomic mass is 19.2. The van der Waals surface area contributed by atoms with Gasteiger partial charge in [0.1, 0.15) is 5.75 Å². The Morgan fingerprint density at radius 3 is 2.55 bits per heavy atom. The Bertz CT molecular complexity index is 1240. The van der Waals surface area contributed by atoms with Gasteiger partial charge in [0, 0.05) is 12.5 Å². The molecule has 1 N–H and O–H groups in total. The van der Waals surface area contributed by atoms with Crippen LogP contribution in [0.2, 0.25) is 0 Å². The molecule has 0 bridgehead atoms. The van der Waals surface area contributed by atoms with E-state index in [-0.39, 0.29) is 24.0 Å². The number of aromatic nitrogens is 2. The standard InChI is InChI=1S/C21H20F2N2O4/c1-21(2,28)11-25-17-9-16(23)15(22)8-14(17)19(26)24(20(25)27)10-12-3-4-18-13(7-12)5-6-29-18/h3-4,7-9,28H,5-6,10-11H2,1-2H3. The number of halogens is 2. The van der Waals surface area contributed by atoms with Gasteiger partial charge in [0.15, 0.2) is 11.6 Å². The third kappa shape index (κ3) is 3.55. The third-order valence-corrected chi connectivity index (χ3v) is 4.91. The average molecular weight is 402 g/mol. The molecule has 0 aliphatic carbocycles. The minimum atomic E-state index is -1.31. The van der Waals surface area contributed by atoms with Crippen molar-refractivity contribution >= 4 is 10.9 Å². The summed E-state index contributed by atoms with van der Waals surface area (Å²) in [6.07, 6.45) is 0.739. The van der Waals surface area contributed by atoms with Crippen LogP contribution < -0.4 is 16.0 Å². The molecule has 1 aliphatic heterocycles. The van der Waals surface area contributed by atoms with E-state index in [4.69, 9.17) is 4.74 Å². The Labute approximate surface area is 164 Å². The molecule has 0 unspecified atom stereocenters. The molecule has 3 aromatic rings. The summed E-state index contributed by atoms with van der Waals surface area (Å²) in [6, 6.07) is 7.01. The lowest BCUT2D eigenvalue weighted by atomic mass is 10.1. The molecule has 0 radical (unpaired) electrons. The number of nitrogens with zero attached hydrogens (tertiary/aromatic N) is 2. The normalized spacial score (nSPS) is 13.6. The fourth-order valence-electron chi connectivity index (χ4n) is 3.61. The van der Waals surface area contributed by atoms with E-state index < -0.39 is 28.5 Å². The van der Waals surface area contributed by atoms with Crippen molar-refractivity contribution < 1.29 is 18.6 Å². The maximum atomic E-state index is 13.8. The van der Waals surface area contributed by atoms with Crippen molar-refractivity contribution in [1.82, 2.24) is 9.13 Å². The van der Waals surface area contributed by atoms with E-state index in [0.717, 1.165) is 39.0 Å². The van der Waals surface area contributed by atoms with Crippen molar-refractivity contribution in [2.45, 2.75) is 39.0 Å². The summed E-state index contributed by atoms with van der Waals surface area (Å²) < 4.78 is 35.2. The molecule has 0 saturated heterocycles. The first-order chi connectivity index (χ1) is 13.6. The van der Waals surface area contributed by atoms with E-state index in [1.165, 1.54) is 13.8 Å². The molecular weight excluding hydrogens is 382 g/mol. The Morgan fingerprint density at radius 1 is 1.10 bits per heavy atom. The molecule has 1 aliphatic rings. The van der Waals surface area contributed by atoms with Gasteiger partial charge in [0.05, 0.1) is 36.2 Å². The molecular formula is C21H20F2N2O4. The number of fused-ring (bicyclic) bond motifs is 2. The molecule has 2 aromatic carbocycles. The molecule has 2 heterocycles. The summed E-state index contributed by atoms with van der Waals surface area (Å²) in [5.41, 5.74) is -1.08. The lowest BCUT2D eigenvalue weighted by Gasteiger charge is -2.21. The predicted octanol–water partition coefficient (Wildman–Crippen LogP) is 2.20. The van der Waals surface area contributed by atoms with Crippen LogP contribution in [0.25, 0.3) is 10.9 Å². The quantitative estimate of drug-likeness (QED) is 0.726. The highest BCUT2D eigenvalue weighted by Crippen LogP contribution is 2.26. The zero-order valence-electron chi connectivity index (χ0n) is 16.0. The largest absolute Gasteiger partial charge is 0.493 e. The minimum absolute atomic E-state index is 0.0360. The molecule has 0 amide bonds. The second kappa shape index (κ2) is 6.81. The van der Waals surface area contributed by atoms with Gasteiger partial charge in [-0.1, -0.05) is 12.1 Å². The van der Waals surface area contributed by atoms with E-state index in [1.807, 2.05) is 6.07 Å². The molecule has 29 heavy (non-hydrogen) atoms. The molecule has 0 atom stereocenters. The number of hydrogen-bond acceptors (Lipinski definition) is 4. The van der Waals surface area contributed by atoms with Crippen LogP contribution in [0.3, 0.4) is 0 Å². The van der Waals surface area contributed by atoms with Crippen molar-refractivity contribution in [2.75, 3.05) is 6.61 Å². The van der Waals surface area contributed by atoms with Gasteiger partial charge in [0.2, 0.25) is 0 Å². The van der Waals surface area contributed by atoms with Gasteiger partial charge in [-0.25, -0.2) is 13.6 Å². The summed E-state index contributed by atoms with van der Waals surface area (Å²) in [5, 5.41) is 10.1. The average Bonchev–Trinajstić information content (AvgIpc) is 3.11. The van der Waals surface area contributed by atoms with Crippen molar-refractivity contribution in [3.63, 3.8) is 0 Å². The van der Waals surface area contributed by atoms with E-state index in [9.17, 15) is 23.5 Å². The molecule has 152 valence electrons. The zero-order chi connectivity index (χ0) is 20.9. The smallest absolute Gasteiger partial charge is 0.331 e. The van der Waals surface area contributed by atoms with Crippen molar-refractivity contribution in [2.24, 2.45) is 0 Å². The van der Waals surface area contributed by atoms with Gasteiger partial charge < -0.3 is 9.84 Å². The topological polar surface area (TPSA) is 73.5 Å². The second-order valence-corrected chi connectivity index (χ2v) is 7.90. The second-order valence-electron chi connectivity index (χ2n) is 7.90.